The van der Waals surface area contributed by atoms with Crippen LogP contribution in [0.2, 0.25) is 0 Å². The standard InChI is InChI=1S/C20H35NO15/c1-5-10(25)13(28)15(30)19(32-5)36-17-14(29)11(26)7(3-22)34-20(17)35-16-9(21-6(2)24)18(31)33-8(4-23)12(16)27/h5,7-20,22-23,25-31H,3-4H2,1-2H3,(H,21,24)/t5-,7+,8+,9+,10+,11-,12-,13+,14-,15-,16+,17+,18-,19-,20-/m0/s1. The molecule has 0 aliphatic carbocycles. The highest BCUT2D eigenvalue weighted by Gasteiger charge is 2.53. The van der Waals surface area contributed by atoms with Gasteiger partial charge in [0.1, 0.15) is 67.1 Å². The van der Waals surface area contributed by atoms with E-state index in [1.165, 1.54) is 6.92 Å². The minimum atomic E-state index is -1.83. The van der Waals surface area contributed by atoms with E-state index in [9.17, 15) is 50.8 Å². The molecule has 0 radical (unpaired) electrons. The molecule has 0 unspecified atom stereocenters. The second-order valence-corrected chi connectivity index (χ2v) is 9.05. The van der Waals surface area contributed by atoms with Gasteiger partial charge in [0, 0.05) is 6.92 Å². The minimum absolute atomic E-state index is 0.632. The Morgan fingerprint density at radius 1 is 0.722 bits per heavy atom. The van der Waals surface area contributed by atoms with Gasteiger partial charge in [-0.05, 0) is 6.92 Å². The first-order chi connectivity index (χ1) is 16.9. The molecule has 0 aromatic carbocycles. The maximum absolute atomic E-state index is 11.7. The molecule has 1 amide bonds. The summed E-state index contributed by atoms with van der Waals surface area (Å²) in [5.74, 6) is -0.632. The molecule has 15 atom stereocenters. The predicted molar refractivity (Wildman–Crippen MR) is 111 cm³/mol. The maximum atomic E-state index is 11.7. The number of carbonyl (C=O) groups is 1. The average molecular weight is 529 g/mol. The summed E-state index contributed by atoms with van der Waals surface area (Å²) in [6, 6.07) is -1.39. The second kappa shape index (κ2) is 12.2. The Bertz CT molecular complexity index is 731. The van der Waals surface area contributed by atoms with Gasteiger partial charge in [-0.1, -0.05) is 0 Å². The van der Waals surface area contributed by atoms with Gasteiger partial charge in [-0.25, -0.2) is 0 Å². The van der Waals surface area contributed by atoms with E-state index in [1.54, 1.807) is 0 Å². The lowest BCUT2D eigenvalue weighted by Crippen LogP contribution is -2.68. The van der Waals surface area contributed by atoms with Crippen molar-refractivity contribution >= 4 is 5.91 Å². The Morgan fingerprint density at radius 3 is 1.89 bits per heavy atom. The number of nitrogens with one attached hydrogen (secondary N) is 1. The highest BCUT2D eigenvalue weighted by atomic mass is 16.8. The van der Waals surface area contributed by atoms with E-state index in [0.29, 0.717) is 0 Å². The molecule has 3 aliphatic heterocycles. The Morgan fingerprint density at radius 2 is 1.31 bits per heavy atom. The Kier molecular flexibility index (Phi) is 9.97. The molecule has 0 aromatic rings. The van der Waals surface area contributed by atoms with Gasteiger partial charge in [-0.2, -0.15) is 0 Å². The van der Waals surface area contributed by atoms with Crippen LogP contribution >= 0.6 is 0 Å². The average Bonchev–Trinajstić information content (AvgIpc) is 2.83. The van der Waals surface area contributed by atoms with Gasteiger partial charge >= 0.3 is 0 Å². The fraction of sp³-hybridized carbons (Fsp3) is 0.950. The molecule has 16 heteroatoms. The van der Waals surface area contributed by atoms with Crippen LogP contribution in [-0.2, 0) is 28.5 Å². The van der Waals surface area contributed by atoms with Crippen molar-refractivity contribution in [2.45, 2.75) is 106 Å². The molecule has 3 saturated heterocycles. The largest absolute Gasteiger partial charge is 0.394 e. The third kappa shape index (κ3) is 5.97. The summed E-state index contributed by atoms with van der Waals surface area (Å²) in [4.78, 5) is 11.7. The Balaban J connectivity index is 1.89. The van der Waals surface area contributed by atoms with Crippen molar-refractivity contribution in [2.24, 2.45) is 0 Å². The fourth-order valence-electron chi connectivity index (χ4n) is 4.38. The lowest BCUT2D eigenvalue weighted by atomic mass is 9.95. The number of rotatable bonds is 7. The number of ether oxygens (including phenoxy) is 5. The van der Waals surface area contributed by atoms with Crippen LogP contribution in [0.1, 0.15) is 13.8 Å². The molecule has 16 nitrogen and oxygen atoms in total. The summed E-state index contributed by atoms with van der Waals surface area (Å²) in [6.07, 6.45) is -22.2. The Labute approximate surface area is 205 Å². The van der Waals surface area contributed by atoms with Crippen LogP contribution in [0.25, 0.3) is 0 Å². The molecule has 210 valence electrons. The second-order valence-electron chi connectivity index (χ2n) is 9.05. The fourth-order valence-corrected chi connectivity index (χ4v) is 4.38. The van der Waals surface area contributed by atoms with Crippen LogP contribution in [0.3, 0.4) is 0 Å². The molecule has 0 spiro atoms. The van der Waals surface area contributed by atoms with E-state index in [-0.39, 0.29) is 0 Å². The number of hydrogen-bond acceptors (Lipinski definition) is 15. The molecule has 3 aliphatic rings. The molecule has 3 fully saturated rings. The predicted octanol–water partition coefficient (Wildman–Crippen LogP) is -6.40. The molecule has 3 rings (SSSR count). The van der Waals surface area contributed by atoms with Crippen molar-refractivity contribution < 1.29 is 74.4 Å². The van der Waals surface area contributed by atoms with E-state index in [0.717, 1.165) is 6.92 Å². The lowest BCUT2D eigenvalue weighted by molar-refractivity contribution is -0.380. The molecule has 3 heterocycles. The molecule has 0 aromatic heterocycles. The van der Waals surface area contributed by atoms with Crippen molar-refractivity contribution in [2.75, 3.05) is 13.2 Å². The summed E-state index contributed by atoms with van der Waals surface area (Å²) in [5, 5.41) is 93.8. The van der Waals surface area contributed by atoms with Gasteiger partial charge in [0.2, 0.25) is 5.91 Å². The molecule has 0 bridgehead atoms. The van der Waals surface area contributed by atoms with Gasteiger partial charge < -0.3 is 75.0 Å². The van der Waals surface area contributed by atoms with Gasteiger partial charge in [0.05, 0.1) is 19.3 Å². The third-order valence-electron chi connectivity index (χ3n) is 6.46. The van der Waals surface area contributed by atoms with Crippen LogP contribution in [-0.4, -0.2) is 157 Å². The third-order valence-corrected chi connectivity index (χ3v) is 6.46. The van der Waals surface area contributed by atoms with Gasteiger partial charge in [0.25, 0.3) is 0 Å². The first kappa shape index (κ1) is 29.5. The highest BCUT2D eigenvalue weighted by Crippen LogP contribution is 2.32. The zero-order valence-corrected chi connectivity index (χ0v) is 19.5. The topological polar surface area (TPSA) is 257 Å². The zero-order chi connectivity index (χ0) is 26.9. The van der Waals surface area contributed by atoms with Crippen LogP contribution in [0.5, 0.6) is 0 Å². The van der Waals surface area contributed by atoms with Crippen molar-refractivity contribution in [3.63, 3.8) is 0 Å². The molecular formula is C20H35NO15. The summed E-state index contributed by atoms with van der Waals surface area (Å²) >= 11 is 0. The number of aliphatic hydroxyl groups excluding tert-OH is 9. The molecule has 36 heavy (non-hydrogen) atoms. The number of amides is 1. The van der Waals surface area contributed by atoms with Crippen molar-refractivity contribution in [1.29, 1.82) is 0 Å². The summed E-state index contributed by atoms with van der Waals surface area (Å²) in [5.41, 5.74) is 0. The molecule has 0 saturated carbocycles. The van der Waals surface area contributed by atoms with Gasteiger partial charge in [-0.15, -0.1) is 0 Å². The van der Waals surface area contributed by atoms with Crippen molar-refractivity contribution in [1.82, 2.24) is 5.32 Å². The zero-order valence-electron chi connectivity index (χ0n) is 19.5. The monoisotopic (exact) mass is 529 g/mol. The normalized spacial score (nSPS) is 50.0. The highest BCUT2D eigenvalue weighted by molar-refractivity contribution is 5.73. The summed E-state index contributed by atoms with van der Waals surface area (Å²) < 4.78 is 27.4. The SMILES string of the molecule is CC(=O)N[C@@H]1[C@@H](O[C@@H]2O[C@H](CO)[C@H](O)[C@H](O)[C@H]2O[C@@H]2O[C@@H](C)[C@@H](O)[C@@H](O)[C@@H]2O)[C@@H](O)[C@@H](CO)O[C@@H]1O. The molecule has 10 N–H and O–H groups in total. The van der Waals surface area contributed by atoms with Crippen LogP contribution in [0.4, 0.5) is 0 Å². The lowest BCUT2D eigenvalue weighted by Gasteiger charge is -2.48. The van der Waals surface area contributed by atoms with E-state index in [4.69, 9.17) is 23.7 Å². The maximum Gasteiger partial charge on any atom is 0.217 e. The number of carbonyl (C=O) groups excluding carboxylic acids is 1. The van der Waals surface area contributed by atoms with E-state index < -0.39 is 111 Å². The van der Waals surface area contributed by atoms with Crippen LogP contribution < -0.4 is 5.32 Å². The Hall–Kier alpha value is -1.09. The van der Waals surface area contributed by atoms with Gasteiger partial charge in [-0.3, -0.25) is 4.79 Å². The van der Waals surface area contributed by atoms with E-state index in [2.05, 4.69) is 5.32 Å². The van der Waals surface area contributed by atoms with Crippen LogP contribution in [0, 0.1) is 0 Å². The smallest absolute Gasteiger partial charge is 0.217 e. The first-order valence-corrected chi connectivity index (χ1v) is 11.4. The van der Waals surface area contributed by atoms with Gasteiger partial charge in [0.15, 0.2) is 18.9 Å². The van der Waals surface area contributed by atoms with Crippen molar-refractivity contribution in [3.8, 4) is 0 Å². The number of hydrogen-bond donors (Lipinski definition) is 10. The van der Waals surface area contributed by atoms with Crippen molar-refractivity contribution in [3.05, 3.63) is 0 Å². The first-order valence-electron chi connectivity index (χ1n) is 11.4. The van der Waals surface area contributed by atoms with E-state index in [1.807, 2.05) is 0 Å². The minimum Gasteiger partial charge on any atom is -0.394 e. The summed E-state index contributed by atoms with van der Waals surface area (Å²) in [6.45, 7) is 1.00. The molecular weight excluding hydrogens is 494 g/mol. The number of aliphatic hydroxyl groups is 9. The van der Waals surface area contributed by atoms with Crippen LogP contribution in [0.15, 0.2) is 0 Å². The van der Waals surface area contributed by atoms with E-state index >= 15 is 0 Å². The summed E-state index contributed by atoms with van der Waals surface area (Å²) in [7, 11) is 0. The quantitative estimate of drug-likeness (QED) is 0.147.